The summed E-state index contributed by atoms with van der Waals surface area (Å²) in [5.41, 5.74) is 2.25. The summed E-state index contributed by atoms with van der Waals surface area (Å²) in [6.45, 7) is 4.90. The lowest BCUT2D eigenvalue weighted by Crippen LogP contribution is -2.37. The Morgan fingerprint density at radius 3 is 2.84 bits per heavy atom. The minimum Gasteiger partial charge on any atom is -0.490 e. The Kier molecular flexibility index (Phi) is 6.11. The normalized spacial score (nSPS) is 14.1. The van der Waals surface area contributed by atoms with Gasteiger partial charge in [-0.2, -0.15) is 0 Å². The van der Waals surface area contributed by atoms with Crippen LogP contribution in [0.25, 0.3) is 0 Å². The molecule has 1 aromatic heterocycles. The van der Waals surface area contributed by atoms with Crippen LogP contribution in [-0.4, -0.2) is 37.7 Å². The standard InChI is InChI=1S/C18H24N4O2S/c1-13-22-15(12-25-13)6-7-20-18(19-2)21-11-14-4-5-16-17(10-14)24-9-3-8-23-16/h4-5,10,12H,3,6-9,11H2,1-2H3,(H2,19,20,21). The van der Waals surface area contributed by atoms with Gasteiger partial charge in [0.2, 0.25) is 0 Å². The highest BCUT2D eigenvalue weighted by molar-refractivity contribution is 7.09. The third-order valence-corrected chi connectivity index (χ3v) is 4.66. The molecule has 7 heteroatoms. The minimum atomic E-state index is 0.673. The average Bonchev–Trinajstić information content (AvgIpc) is 2.90. The summed E-state index contributed by atoms with van der Waals surface area (Å²) in [5.74, 6) is 2.42. The number of hydrogen-bond donors (Lipinski definition) is 2. The third-order valence-electron chi connectivity index (χ3n) is 3.84. The number of ether oxygens (including phenoxy) is 2. The highest BCUT2D eigenvalue weighted by Gasteiger charge is 2.10. The van der Waals surface area contributed by atoms with Gasteiger partial charge in [0.05, 0.1) is 23.9 Å². The van der Waals surface area contributed by atoms with Crippen molar-refractivity contribution in [3.8, 4) is 11.5 Å². The van der Waals surface area contributed by atoms with Crippen LogP contribution in [0.5, 0.6) is 11.5 Å². The van der Waals surface area contributed by atoms with Crippen molar-refractivity contribution in [2.24, 2.45) is 4.99 Å². The van der Waals surface area contributed by atoms with Crippen LogP contribution in [0.1, 0.15) is 22.7 Å². The summed E-state index contributed by atoms with van der Waals surface area (Å²) in [7, 11) is 1.77. The second kappa shape index (κ2) is 8.71. The zero-order valence-electron chi connectivity index (χ0n) is 14.7. The van der Waals surface area contributed by atoms with Gasteiger partial charge in [-0.05, 0) is 24.6 Å². The molecule has 0 aliphatic carbocycles. The highest BCUT2D eigenvalue weighted by atomic mass is 32.1. The van der Waals surface area contributed by atoms with E-state index in [1.807, 2.05) is 25.1 Å². The number of benzene rings is 1. The molecular formula is C18H24N4O2S. The van der Waals surface area contributed by atoms with E-state index in [1.54, 1.807) is 18.4 Å². The topological polar surface area (TPSA) is 67.8 Å². The number of nitrogens with one attached hydrogen (secondary N) is 2. The first-order valence-electron chi connectivity index (χ1n) is 8.48. The van der Waals surface area contributed by atoms with Crippen LogP contribution in [0, 0.1) is 6.92 Å². The Balaban J connectivity index is 1.48. The van der Waals surface area contributed by atoms with Crippen LogP contribution in [0.4, 0.5) is 0 Å². The lowest BCUT2D eigenvalue weighted by molar-refractivity contribution is 0.297. The summed E-state index contributed by atoms with van der Waals surface area (Å²) in [6, 6.07) is 6.04. The second-order valence-corrected chi connectivity index (χ2v) is 6.85. The number of thiazole rings is 1. The van der Waals surface area contributed by atoms with Crippen LogP contribution >= 0.6 is 11.3 Å². The minimum absolute atomic E-state index is 0.673. The number of hydrogen-bond acceptors (Lipinski definition) is 5. The molecule has 0 spiro atoms. The molecule has 0 bridgehead atoms. The van der Waals surface area contributed by atoms with Crippen LogP contribution < -0.4 is 20.1 Å². The fraction of sp³-hybridized carbons (Fsp3) is 0.444. The smallest absolute Gasteiger partial charge is 0.191 e. The van der Waals surface area contributed by atoms with Crippen molar-refractivity contribution in [2.75, 3.05) is 26.8 Å². The lowest BCUT2D eigenvalue weighted by atomic mass is 10.2. The Labute approximate surface area is 152 Å². The largest absolute Gasteiger partial charge is 0.490 e. The average molecular weight is 360 g/mol. The first-order chi connectivity index (χ1) is 12.2. The van der Waals surface area contributed by atoms with Gasteiger partial charge in [0.1, 0.15) is 0 Å². The molecule has 1 aliphatic heterocycles. The lowest BCUT2D eigenvalue weighted by Gasteiger charge is -2.13. The fourth-order valence-corrected chi connectivity index (χ4v) is 3.20. The number of aromatic nitrogens is 1. The van der Waals surface area contributed by atoms with Crippen molar-refractivity contribution >= 4 is 17.3 Å². The van der Waals surface area contributed by atoms with Crippen molar-refractivity contribution in [3.05, 3.63) is 39.8 Å². The van der Waals surface area contributed by atoms with Crippen LogP contribution in [0.15, 0.2) is 28.6 Å². The van der Waals surface area contributed by atoms with Crippen LogP contribution in [-0.2, 0) is 13.0 Å². The predicted octanol–water partition coefficient (Wildman–Crippen LogP) is 2.52. The molecule has 2 heterocycles. The Morgan fingerprint density at radius 1 is 1.24 bits per heavy atom. The molecule has 3 rings (SSSR count). The SMILES string of the molecule is CN=C(NCCc1csc(C)n1)NCc1ccc2c(c1)OCCCO2. The zero-order valence-corrected chi connectivity index (χ0v) is 15.5. The quantitative estimate of drug-likeness (QED) is 0.633. The second-order valence-electron chi connectivity index (χ2n) is 5.79. The predicted molar refractivity (Wildman–Crippen MR) is 101 cm³/mol. The summed E-state index contributed by atoms with van der Waals surface area (Å²) >= 11 is 1.68. The molecule has 1 aromatic carbocycles. The first kappa shape index (κ1) is 17.5. The maximum absolute atomic E-state index is 5.73. The van der Waals surface area contributed by atoms with Gasteiger partial charge in [0.15, 0.2) is 17.5 Å². The monoisotopic (exact) mass is 360 g/mol. The molecule has 6 nitrogen and oxygen atoms in total. The van der Waals surface area contributed by atoms with E-state index in [1.165, 1.54) is 0 Å². The van der Waals surface area contributed by atoms with E-state index >= 15 is 0 Å². The number of guanidine groups is 1. The molecule has 0 atom stereocenters. The molecular weight excluding hydrogens is 336 g/mol. The van der Waals surface area contributed by atoms with Crippen molar-refractivity contribution < 1.29 is 9.47 Å². The van der Waals surface area contributed by atoms with E-state index in [-0.39, 0.29) is 0 Å². The van der Waals surface area contributed by atoms with Gasteiger partial charge >= 0.3 is 0 Å². The molecule has 0 radical (unpaired) electrons. The van der Waals surface area contributed by atoms with E-state index < -0.39 is 0 Å². The molecule has 0 saturated carbocycles. The fourth-order valence-electron chi connectivity index (χ4n) is 2.56. The Bertz CT molecular complexity index is 730. The maximum Gasteiger partial charge on any atom is 0.191 e. The summed E-state index contributed by atoms with van der Waals surface area (Å²) in [6.07, 6.45) is 1.80. The van der Waals surface area contributed by atoms with Gasteiger partial charge in [-0.25, -0.2) is 4.98 Å². The number of aliphatic imine (C=N–C) groups is 1. The van der Waals surface area contributed by atoms with Gasteiger partial charge in [0, 0.05) is 38.4 Å². The van der Waals surface area contributed by atoms with Crippen molar-refractivity contribution in [1.29, 1.82) is 0 Å². The zero-order chi connectivity index (χ0) is 17.5. The van der Waals surface area contributed by atoms with Crippen LogP contribution in [0.2, 0.25) is 0 Å². The van der Waals surface area contributed by atoms with Gasteiger partial charge in [-0.3, -0.25) is 4.99 Å². The van der Waals surface area contributed by atoms with Crippen molar-refractivity contribution in [1.82, 2.24) is 15.6 Å². The van der Waals surface area contributed by atoms with Gasteiger partial charge < -0.3 is 20.1 Å². The van der Waals surface area contributed by atoms with Crippen LogP contribution in [0.3, 0.4) is 0 Å². The van der Waals surface area contributed by atoms with E-state index in [9.17, 15) is 0 Å². The summed E-state index contributed by atoms with van der Waals surface area (Å²) < 4.78 is 11.4. The number of aryl methyl sites for hydroxylation is 1. The van der Waals surface area contributed by atoms with Gasteiger partial charge in [-0.15, -0.1) is 11.3 Å². The number of rotatable bonds is 5. The molecule has 25 heavy (non-hydrogen) atoms. The molecule has 0 amide bonds. The number of fused-ring (bicyclic) bond motifs is 1. The molecule has 134 valence electrons. The van der Waals surface area contributed by atoms with Gasteiger partial charge in [0.25, 0.3) is 0 Å². The molecule has 2 N–H and O–H groups in total. The van der Waals surface area contributed by atoms with Crippen molar-refractivity contribution in [2.45, 2.75) is 26.3 Å². The van der Waals surface area contributed by atoms with Crippen molar-refractivity contribution in [3.63, 3.8) is 0 Å². The maximum atomic E-state index is 5.73. The molecule has 0 fully saturated rings. The van der Waals surface area contributed by atoms with E-state index in [2.05, 4.69) is 26.0 Å². The highest BCUT2D eigenvalue weighted by Crippen LogP contribution is 2.30. The first-order valence-corrected chi connectivity index (χ1v) is 9.36. The van der Waals surface area contributed by atoms with Gasteiger partial charge in [-0.1, -0.05) is 6.07 Å². The molecule has 0 unspecified atom stereocenters. The van der Waals surface area contributed by atoms with E-state index in [0.29, 0.717) is 19.8 Å². The van der Waals surface area contributed by atoms with E-state index in [4.69, 9.17) is 9.47 Å². The third kappa shape index (κ3) is 5.09. The molecule has 0 saturated heterocycles. The summed E-state index contributed by atoms with van der Waals surface area (Å²) in [4.78, 5) is 8.73. The summed E-state index contributed by atoms with van der Waals surface area (Å²) in [5, 5.41) is 9.85. The Hall–Kier alpha value is -2.28. The number of nitrogens with zero attached hydrogens (tertiary/aromatic N) is 2. The van der Waals surface area contributed by atoms with E-state index in [0.717, 1.165) is 53.1 Å². The Morgan fingerprint density at radius 2 is 2.08 bits per heavy atom. The molecule has 1 aliphatic rings. The molecule has 2 aromatic rings.